The topological polar surface area (TPSA) is 66.5 Å². The Morgan fingerprint density at radius 1 is 1.04 bits per heavy atom. The average Bonchev–Trinajstić information content (AvgIpc) is 2.62. The van der Waals surface area contributed by atoms with Crippen LogP contribution in [0.3, 0.4) is 0 Å². The molecule has 0 fully saturated rings. The highest BCUT2D eigenvalue weighted by Crippen LogP contribution is 2.24. The molecule has 0 unspecified atom stereocenters. The van der Waals surface area contributed by atoms with Crippen molar-refractivity contribution < 1.29 is 17.6 Å². The second-order valence-electron chi connectivity index (χ2n) is 7.31. The predicted octanol–water partition coefficient (Wildman–Crippen LogP) is 3.88. The smallest absolute Gasteiger partial charge is 0.244 e. The monoisotopic (exact) mass is 406 g/mol. The second-order valence-corrected chi connectivity index (χ2v) is 9.17. The highest BCUT2D eigenvalue weighted by molar-refractivity contribution is 7.92. The zero-order chi connectivity index (χ0) is 20.9. The van der Waals surface area contributed by atoms with Crippen molar-refractivity contribution in [2.24, 2.45) is 5.92 Å². The van der Waals surface area contributed by atoms with Crippen molar-refractivity contribution in [3.05, 3.63) is 66.0 Å². The Kier molecular flexibility index (Phi) is 7.18. The Morgan fingerprint density at radius 2 is 1.61 bits per heavy atom. The van der Waals surface area contributed by atoms with Crippen LogP contribution in [0.15, 0.2) is 54.6 Å². The summed E-state index contributed by atoms with van der Waals surface area (Å²) in [5.74, 6) is -0.552. The molecule has 0 heterocycles. The number of amides is 1. The third kappa shape index (κ3) is 5.79. The number of hydrogen-bond acceptors (Lipinski definition) is 3. The van der Waals surface area contributed by atoms with Gasteiger partial charge < -0.3 is 5.32 Å². The summed E-state index contributed by atoms with van der Waals surface area (Å²) in [7, 11) is -3.75. The molecule has 2 aromatic rings. The number of carbonyl (C=O) groups is 1. The molecule has 0 aliphatic carbocycles. The molecule has 0 spiro atoms. The highest BCUT2D eigenvalue weighted by Gasteiger charge is 2.30. The van der Waals surface area contributed by atoms with Crippen LogP contribution in [0.2, 0.25) is 0 Å². The lowest BCUT2D eigenvalue weighted by molar-refractivity contribution is -0.122. The number of rotatable bonds is 8. The fraction of sp³-hybridized carbons (Fsp3) is 0.381. The third-order valence-corrected chi connectivity index (χ3v) is 5.64. The largest absolute Gasteiger partial charge is 0.347 e. The maximum atomic E-state index is 13.2. The summed E-state index contributed by atoms with van der Waals surface area (Å²) in [6, 6.07) is 13.4. The van der Waals surface area contributed by atoms with Gasteiger partial charge in [0.05, 0.1) is 18.0 Å². The van der Waals surface area contributed by atoms with Gasteiger partial charge in [-0.3, -0.25) is 9.10 Å². The van der Waals surface area contributed by atoms with Gasteiger partial charge in [0.2, 0.25) is 15.9 Å². The number of sulfonamides is 1. The molecule has 0 bridgehead atoms. The molecule has 28 heavy (non-hydrogen) atoms. The number of halogens is 1. The molecule has 7 heteroatoms. The lowest BCUT2D eigenvalue weighted by atomic mass is 9.96. The van der Waals surface area contributed by atoms with Gasteiger partial charge in [-0.2, -0.15) is 0 Å². The van der Waals surface area contributed by atoms with Crippen LogP contribution in [-0.4, -0.2) is 26.6 Å². The average molecular weight is 407 g/mol. The number of nitrogens with one attached hydrogen (secondary N) is 1. The first kappa shape index (κ1) is 21.9. The van der Waals surface area contributed by atoms with Crippen LogP contribution in [0.5, 0.6) is 0 Å². The molecular weight excluding hydrogens is 379 g/mol. The summed E-state index contributed by atoms with van der Waals surface area (Å²) >= 11 is 0. The molecule has 2 rings (SSSR count). The number of anilines is 1. The summed E-state index contributed by atoms with van der Waals surface area (Å²) in [6.07, 6.45) is 1.75. The molecule has 1 N–H and O–H groups in total. The zero-order valence-corrected chi connectivity index (χ0v) is 17.4. The van der Waals surface area contributed by atoms with Crippen LogP contribution in [0.4, 0.5) is 10.1 Å². The highest BCUT2D eigenvalue weighted by atomic mass is 32.2. The van der Waals surface area contributed by atoms with Gasteiger partial charge in [0, 0.05) is 0 Å². The van der Waals surface area contributed by atoms with Gasteiger partial charge in [-0.25, -0.2) is 12.8 Å². The van der Waals surface area contributed by atoms with E-state index in [4.69, 9.17) is 0 Å². The van der Waals surface area contributed by atoms with Crippen molar-refractivity contribution in [3.8, 4) is 0 Å². The first-order chi connectivity index (χ1) is 13.1. The van der Waals surface area contributed by atoms with E-state index in [2.05, 4.69) is 19.2 Å². The fourth-order valence-corrected chi connectivity index (χ4v) is 4.30. The van der Waals surface area contributed by atoms with Crippen molar-refractivity contribution in [2.75, 3.05) is 10.6 Å². The number of benzene rings is 2. The van der Waals surface area contributed by atoms with Gasteiger partial charge in [-0.1, -0.05) is 44.2 Å². The predicted molar refractivity (Wildman–Crippen MR) is 110 cm³/mol. The maximum absolute atomic E-state index is 13.2. The van der Waals surface area contributed by atoms with Crippen LogP contribution < -0.4 is 9.62 Å². The van der Waals surface area contributed by atoms with E-state index in [1.807, 2.05) is 30.3 Å². The van der Waals surface area contributed by atoms with E-state index in [9.17, 15) is 17.6 Å². The van der Waals surface area contributed by atoms with Crippen LogP contribution in [0.25, 0.3) is 0 Å². The van der Waals surface area contributed by atoms with E-state index < -0.39 is 27.8 Å². The molecule has 5 nitrogen and oxygen atoms in total. The van der Waals surface area contributed by atoms with Crippen molar-refractivity contribution in [1.82, 2.24) is 5.32 Å². The normalized spacial score (nSPS) is 13.8. The van der Waals surface area contributed by atoms with Gasteiger partial charge >= 0.3 is 0 Å². The van der Waals surface area contributed by atoms with E-state index >= 15 is 0 Å². The summed E-state index contributed by atoms with van der Waals surface area (Å²) in [6.45, 7) is 5.65. The van der Waals surface area contributed by atoms with Crippen molar-refractivity contribution >= 4 is 21.6 Å². The number of hydrogen-bond donors (Lipinski definition) is 1. The Morgan fingerprint density at radius 3 is 2.11 bits per heavy atom. The van der Waals surface area contributed by atoms with E-state index in [1.165, 1.54) is 31.2 Å². The minimum atomic E-state index is -3.75. The molecule has 0 aliphatic heterocycles. The van der Waals surface area contributed by atoms with E-state index in [1.54, 1.807) is 0 Å². The van der Waals surface area contributed by atoms with E-state index in [0.29, 0.717) is 5.92 Å². The first-order valence-electron chi connectivity index (χ1n) is 9.20. The number of nitrogens with zero attached hydrogens (tertiary/aromatic N) is 1. The molecule has 0 saturated carbocycles. The Balaban J connectivity index is 2.29. The van der Waals surface area contributed by atoms with E-state index in [-0.39, 0.29) is 11.7 Å². The zero-order valence-electron chi connectivity index (χ0n) is 16.6. The van der Waals surface area contributed by atoms with Gasteiger partial charge in [-0.05, 0) is 49.1 Å². The molecule has 0 radical (unpaired) electrons. The molecule has 0 saturated heterocycles. The van der Waals surface area contributed by atoms with Crippen LogP contribution in [0, 0.1) is 11.7 Å². The summed E-state index contributed by atoms with van der Waals surface area (Å²) in [5.41, 5.74) is 1.20. The Bertz CT molecular complexity index is 884. The summed E-state index contributed by atoms with van der Waals surface area (Å²) in [4.78, 5) is 12.9. The summed E-state index contributed by atoms with van der Waals surface area (Å²) < 4.78 is 39.0. The van der Waals surface area contributed by atoms with Crippen LogP contribution in [0.1, 0.15) is 38.8 Å². The van der Waals surface area contributed by atoms with E-state index in [0.717, 1.165) is 22.5 Å². The second kappa shape index (κ2) is 9.19. The maximum Gasteiger partial charge on any atom is 0.244 e. The lowest BCUT2D eigenvalue weighted by Gasteiger charge is -2.30. The van der Waals surface area contributed by atoms with Gasteiger partial charge in [0.1, 0.15) is 11.9 Å². The number of carbonyl (C=O) groups excluding carboxylic acids is 1. The molecule has 2 atom stereocenters. The van der Waals surface area contributed by atoms with Crippen molar-refractivity contribution in [2.45, 2.75) is 39.3 Å². The molecule has 0 aliphatic rings. The minimum Gasteiger partial charge on any atom is -0.347 e. The van der Waals surface area contributed by atoms with Crippen LogP contribution >= 0.6 is 0 Å². The first-order valence-corrected chi connectivity index (χ1v) is 11.0. The summed E-state index contributed by atoms with van der Waals surface area (Å²) in [5, 5.41) is 2.98. The quantitative estimate of drug-likeness (QED) is 0.723. The molecule has 152 valence electrons. The Hall–Kier alpha value is -2.41. The SMILES string of the molecule is CC(C)C[C@@H](NC(=O)[C@H](C)N(c1ccc(F)cc1)S(C)(=O)=O)c1ccccc1. The minimum absolute atomic E-state index is 0.231. The van der Waals surface area contributed by atoms with Gasteiger partial charge in [0.25, 0.3) is 0 Å². The van der Waals surface area contributed by atoms with Gasteiger partial charge in [-0.15, -0.1) is 0 Å². The third-order valence-electron chi connectivity index (χ3n) is 4.40. The lowest BCUT2D eigenvalue weighted by Crippen LogP contribution is -2.48. The van der Waals surface area contributed by atoms with Crippen molar-refractivity contribution in [3.63, 3.8) is 0 Å². The van der Waals surface area contributed by atoms with Crippen molar-refractivity contribution in [1.29, 1.82) is 0 Å². The molecule has 2 aromatic carbocycles. The fourth-order valence-electron chi connectivity index (χ4n) is 3.12. The van der Waals surface area contributed by atoms with Crippen LogP contribution in [-0.2, 0) is 14.8 Å². The standard InChI is InChI=1S/C21H27FN2O3S/c1-15(2)14-20(17-8-6-5-7-9-17)23-21(25)16(3)24(28(4,26)27)19-12-10-18(22)11-13-19/h5-13,15-16,20H,14H2,1-4H3,(H,23,25)/t16-,20+/m0/s1. The molecule has 0 aromatic heterocycles. The molecular formula is C21H27FN2O3S. The van der Waals surface area contributed by atoms with Gasteiger partial charge in [0.15, 0.2) is 0 Å². The molecule has 1 amide bonds. The Labute approximate surface area is 166 Å².